The fraction of sp³-hybridized carbons (Fsp3) is 0.130. The molecule has 0 saturated carbocycles. The fourth-order valence-electron chi connectivity index (χ4n) is 2.58. The minimum Gasteiger partial charge on any atom is -0.493 e. The second kappa shape index (κ2) is 10.2. The van der Waals surface area contributed by atoms with Gasteiger partial charge in [-0.15, -0.1) is 0 Å². The third-order valence-electron chi connectivity index (χ3n) is 4.11. The Balaban J connectivity index is 1.56. The van der Waals surface area contributed by atoms with Gasteiger partial charge in [0.2, 0.25) is 0 Å². The lowest BCUT2D eigenvalue weighted by Gasteiger charge is -2.11. The molecule has 3 aromatic rings. The zero-order chi connectivity index (χ0) is 20.5. The predicted molar refractivity (Wildman–Crippen MR) is 122 cm³/mol. The molecule has 0 bridgehead atoms. The fourth-order valence-corrected chi connectivity index (χ4v) is 2.75. The second-order valence-corrected chi connectivity index (χ2v) is 6.78. The number of nitrogens with one attached hydrogen (secondary N) is 2. The highest BCUT2D eigenvalue weighted by Crippen LogP contribution is 2.28. The summed E-state index contributed by atoms with van der Waals surface area (Å²) in [6.07, 6.45) is 1.67. The largest absolute Gasteiger partial charge is 0.493 e. The highest BCUT2D eigenvalue weighted by atomic mass is 32.1. The molecule has 0 amide bonds. The van der Waals surface area contributed by atoms with Crippen molar-refractivity contribution >= 4 is 29.2 Å². The molecule has 0 unspecified atom stereocenters. The van der Waals surface area contributed by atoms with Crippen molar-refractivity contribution in [2.75, 3.05) is 12.4 Å². The molecule has 0 atom stereocenters. The van der Waals surface area contributed by atoms with Gasteiger partial charge in [-0.3, -0.25) is 5.43 Å². The molecule has 3 aromatic carbocycles. The molecular formula is C23H23N3O2S. The maximum absolute atomic E-state index is 5.90. The average Bonchev–Trinajstić information content (AvgIpc) is 2.74. The van der Waals surface area contributed by atoms with Gasteiger partial charge in [0.15, 0.2) is 16.6 Å². The first kappa shape index (κ1) is 20.4. The Morgan fingerprint density at radius 3 is 2.48 bits per heavy atom. The molecule has 0 radical (unpaired) electrons. The van der Waals surface area contributed by atoms with E-state index in [2.05, 4.69) is 47.0 Å². The molecule has 0 spiro atoms. The van der Waals surface area contributed by atoms with Gasteiger partial charge in [0.25, 0.3) is 0 Å². The van der Waals surface area contributed by atoms with E-state index in [1.165, 1.54) is 5.56 Å². The maximum Gasteiger partial charge on any atom is 0.191 e. The number of nitrogens with zero attached hydrogens (tertiary/aromatic N) is 1. The van der Waals surface area contributed by atoms with Gasteiger partial charge in [-0.25, -0.2) is 0 Å². The van der Waals surface area contributed by atoms with Gasteiger partial charge in [-0.05, 0) is 60.6 Å². The minimum atomic E-state index is 0.414. The Hall–Kier alpha value is -3.38. The van der Waals surface area contributed by atoms with Crippen LogP contribution in [0.5, 0.6) is 11.5 Å². The summed E-state index contributed by atoms with van der Waals surface area (Å²) in [4.78, 5) is 0. The van der Waals surface area contributed by atoms with E-state index in [1.807, 2.05) is 48.5 Å². The molecule has 0 fully saturated rings. The van der Waals surface area contributed by atoms with Crippen molar-refractivity contribution in [3.63, 3.8) is 0 Å². The quantitative estimate of drug-likeness (QED) is 0.333. The third kappa shape index (κ3) is 6.33. The lowest BCUT2D eigenvalue weighted by Crippen LogP contribution is -2.23. The van der Waals surface area contributed by atoms with Crippen LogP contribution >= 0.6 is 12.2 Å². The van der Waals surface area contributed by atoms with Gasteiger partial charge in [0, 0.05) is 5.69 Å². The maximum atomic E-state index is 5.90. The number of benzene rings is 3. The summed E-state index contributed by atoms with van der Waals surface area (Å²) >= 11 is 5.23. The Morgan fingerprint density at radius 1 is 1.00 bits per heavy atom. The SMILES string of the molecule is COc1cc(/C=N/NC(=S)Nc2ccccc2)ccc1OCc1ccc(C)cc1. The van der Waals surface area contributed by atoms with Gasteiger partial charge in [-0.2, -0.15) is 5.10 Å². The minimum absolute atomic E-state index is 0.414. The van der Waals surface area contributed by atoms with Crippen LogP contribution in [-0.2, 0) is 6.61 Å². The highest BCUT2D eigenvalue weighted by molar-refractivity contribution is 7.80. The van der Waals surface area contributed by atoms with Gasteiger partial charge in [0.1, 0.15) is 6.61 Å². The van der Waals surface area contributed by atoms with Crippen molar-refractivity contribution in [2.24, 2.45) is 5.10 Å². The second-order valence-electron chi connectivity index (χ2n) is 6.37. The lowest BCUT2D eigenvalue weighted by atomic mass is 10.2. The number of rotatable bonds is 7. The van der Waals surface area contributed by atoms with Gasteiger partial charge in [0.05, 0.1) is 13.3 Å². The monoisotopic (exact) mass is 405 g/mol. The summed E-state index contributed by atoms with van der Waals surface area (Å²) in [5.74, 6) is 1.32. The molecule has 148 valence electrons. The molecule has 2 N–H and O–H groups in total. The van der Waals surface area contributed by atoms with Gasteiger partial charge in [-0.1, -0.05) is 48.0 Å². The van der Waals surface area contributed by atoms with Crippen LogP contribution in [0.25, 0.3) is 0 Å². The van der Waals surface area contributed by atoms with E-state index in [1.54, 1.807) is 13.3 Å². The van der Waals surface area contributed by atoms with E-state index in [9.17, 15) is 0 Å². The standard InChI is InChI=1S/C23H23N3O2S/c1-17-8-10-18(11-9-17)16-28-21-13-12-19(14-22(21)27-2)15-24-26-23(29)25-20-6-4-3-5-7-20/h3-15H,16H2,1-2H3,(H2,25,26,29)/b24-15+. The molecule has 29 heavy (non-hydrogen) atoms. The lowest BCUT2D eigenvalue weighted by molar-refractivity contribution is 0.284. The molecule has 5 nitrogen and oxygen atoms in total. The van der Waals surface area contributed by atoms with Gasteiger partial charge >= 0.3 is 0 Å². The molecule has 0 aliphatic carbocycles. The molecule has 0 heterocycles. The van der Waals surface area contributed by atoms with Crippen LogP contribution in [0.2, 0.25) is 0 Å². The molecule has 0 aliphatic heterocycles. The number of aryl methyl sites for hydroxylation is 1. The number of ether oxygens (including phenoxy) is 2. The van der Waals surface area contributed by atoms with Crippen molar-refractivity contribution in [3.05, 3.63) is 89.5 Å². The van der Waals surface area contributed by atoms with Crippen molar-refractivity contribution in [1.29, 1.82) is 0 Å². The molecule has 0 saturated heterocycles. The number of para-hydroxylation sites is 1. The van der Waals surface area contributed by atoms with Gasteiger partial charge < -0.3 is 14.8 Å². The van der Waals surface area contributed by atoms with E-state index in [0.717, 1.165) is 16.8 Å². The topological polar surface area (TPSA) is 54.9 Å². The van der Waals surface area contributed by atoms with Crippen molar-refractivity contribution in [3.8, 4) is 11.5 Å². The van der Waals surface area contributed by atoms with E-state index in [4.69, 9.17) is 21.7 Å². The summed E-state index contributed by atoms with van der Waals surface area (Å²) in [7, 11) is 1.62. The van der Waals surface area contributed by atoms with Crippen LogP contribution in [0, 0.1) is 6.92 Å². The third-order valence-corrected chi connectivity index (χ3v) is 4.31. The van der Waals surface area contributed by atoms with Crippen LogP contribution in [0.3, 0.4) is 0 Å². The number of thiocarbonyl (C=S) groups is 1. The zero-order valence-corrected chi connectivity index (χ0v) is 17.2. The van der Waals surface area contributed by atoms with E-state index < -0.39 is 0 Å². The van der Waals surface area contributed by atoms with Crippen molar-refractivity contribution in [2.45, 2.75) is 13.5 Å². The number of hydrogen-bond acceptors (Lipinski definition) is 4. The molecule has 6 heteroatoms. The number of hydrazone groups is 1. The molecule has 0 aliphatic rings. The molecular weight excluding hydrogens is 382 g/mol. The summed E-state index contributed by atoms with van der Waals surface area (Å²) in [6, 6.07) is 23.6. The summed E-state index contributed by atoms with van der Waals surface area (Å²) in [5, 5.41) is 7.64. The average molecular weight is 406 g/mol. The number of hydrogen-bond donors (Lipinski definition) is 2. The highest BCUT2D eigenvalue weighted by Gasteiger charge is 2.06. The smallest absolute Gasteiger partial charge is 0.191 e. The van der Waals surface area contributed by atoms with Crippen LogP contribution in [0.1, 0.15) is 16.7 Å². The number of methoxy groups -OCH3 is 1. The zero-order valence-electron chi connectivity index (χ0n) is 16.4. The molecule has 0 aromatic heterocycles. The van der Waals surface area contributed by atoms with Crippen LogP contribution in [0.4, 0.5) is 5.69 Å². The van der Waals surface area contributed by atoms with Crippen LogP contribution in [0.15, 0.2) is 77.9 Å². The van der Waals surface area contributed by atoms with Crippen LogP contribution < -0.4 is 20.2 Å². The Labute approximate surface area is 176 Å². The summed E-state index contributed by atoms with van der Waals surface area (Å²) in [5.41, 5.74) is 6.89. The Bertz CT molecular complexity index is 973. The van der Waals surface area contributed by atoms with Crippen molar-refractivity contribution in [1.82, 2.24) is 5.43 Å². The van der Waals surface area contributed by atoms with E-state index in [-0.39, 0.29) is 0 Å². The predicted octanol–water partition coefficient (Wildman–Crippen LogP) is 4.90. The Kier molecular flexibility index (Phi) is 7.19. The Morgan fingerprint density at radius 2 is 1.76 bits per heavy atom. The van der Waals surface area contributed by atoms with E-state index >= 15 is 0 Å². The first-order chi connectivity index (χ1) is 14.1. The molecule has 3 rings (SSSR count). The number of anilines is 1. The van der Waals surface area contributed by atoms with Crippen LogP contribution in [-0.4, -0.2) is 18.4 Å². The van der Waals surface area contributed by atoms with Crippen molar-refractivity contribution < 1.29 is 9.47 Å². The summed E-state index contributed by atoms with van der Waals surface area (Å²) < 4.78 is 11.4. The normalized spacial score (nSPS) is 10.6. The summed E-state index contributed by atoms with van der Waals surface area (Å²) in [6.45, 7) is 2.54. The first-order valence-electron chi connectivity index (χ1n) is 9.15. The van der Waals surface area contributed by atoms with E-state index in [0.29, 0.717) is 23.2 Å². The first-order valence-corrected chi connectivity index (χ1v) is 9.56.